The molecule has 2 aromatic rings. The first-order chi connectivity index (χ1) is 8.90. The number of nitrogens with zero attached hydrogens (tertiary/aromatic N) is 2. The molecule has 1 aromatic carbocycles. The molecular weight excluding hydrogens is 256 g/mol. The summed E-state index contributed by atoms with van der Waals surface area (Å²) in [5, 5.41) is 0.568. The standard InChI is InChI=1S/C16H19ClN2/c1-9(2)14-12(5)18-16(19-15(14)17)13-8-10(3)6-7-11(13)4/h6-9H,1-5H3. The lowest BCUT2D eigenvalue weighted by Gasteiger charge is -2.13. The monoisotopic (exact) mass is 274 g/mol. The molecule has 19 heavy (non-hydrogen) atoms. The maximum absolute atomic E-state index is 6.32. The minimum Gasteiger partial charge on any atom is -0.233 e. The highest BCUT2D eigenvalue weighted by molar-refractivity contribution is 6.30. The first-order valence-corrected chi connectivity index (χ1v) is 6.89. The van der Waals surface area contributed by atoms with E-state index in [0.29, 0.717) is 16.9 Å². The minimum atomic E-state index is 0.333. The van der Waals surface area contributed by atoms with E-state index in [1.165, 1.54) is 11.1 Å². The molecule has 0 aliphatic rings. The van der Waals surface area contributed by atoms with E-state index in [1.54, 1.807) is 0 Å². The molecule has 0 radical (unpaired) electrons. The van der Waals surface area contributed by atoms with Gasteiger partial charge in [0.1, 0.15) is 5.15 Å². The number of halogens is 1. The Kier molecular flexibility index (Phi) is 3.91. The van der Waals surface area contributed by atoms with Crippen molar-refractivity contribution in [3.63, 3.8) is 0 Å². The second-order valence-corrected chi connectivity index (χ2v) is 5.67. The van der Waals surface area contributed by atoms with Crippen molar-refractivity contribution >= 4 is 11.6 Å². The number of hydrogen-bond acceptors (Lipinski definition) is 2. The molecule has 0 atom stereocenters. The summed E-state index contributed by atoms with van der Waals surface area (Å²) < 4.78 is 0. The maximum Gasteiger partial charge on any atom is 0.161 e. The van der Waals surface area contributed by atoms with Crippen LogP contribution in [0, 0.1) is 20.8 Å². The Morgan fingerprint density at radius 3 is 2.32 bits per heavy atom. The van der Waals surface area contributed by atoms with Gasteiger partial charge in [-0.2, -0.15) is 0 Å². The van der Waals surface area contributed by atoms with Crippen LogP contribution < -0.4 is 0 Å². The molecule has 1 aromatic heterocycles. The molecule has 1 heterocycles. The number of rotatable bonds is 2. The summed E-state index contributed by atoms with van der Waals surface area (Å²) in [6.45, 7) is 10.3. The fraction of sp³-hybridized carbons (Fsp3) is 0.375. The predicted octanol–water partition coefficient (Wildman–Crippen LogP) is 4.85. The van der Waals surface area contributed by atoms with Crippen molar-refractivity contribution in [1.82, 2.24) is 9.97 Å². The van der Waals surface area contributed by atoms with Crippen molar-refractivity contribution in [3.8, 4) is 11.4 Å². The Hall–Kier alpha value is -1.41. The van der Waals surface area contributed by atoms with E-state index < -0.39 is 0 Å². The predicted molar refractivity (Wildman–Crippen MR) is 80.8 cm³/mol. The topological polar surface area (TPSA) is 25.8 Å². The number of benzene rings is 1. The average molecular weight is 275 g/mol. The molecule has 2 rings (SSSR count). The highest BCUT2D eigenvalue weighted by Gasteiger charge is 2.15. The molecule has 0 N–H and O–H groups in total. The van der Waals surface area contributed by atoms with Crippen LogP contribution in [-0.2, 0) is 0 Å². The van der Waals surface area contributed by atoms with Gasteiger partial charge in [-0.05, 0) is 38.3 Å². The highest BCUT2D eigenvalue weighted by atomic mass is 35.5. The van der Waals surface area contributed by atoms with Crippen LogP contribution >= 0.6 is 11.6 Å². The van der Waals surface area contributed by atoms with Crippen LogP contribution in [0.1, 0.15) is 42.1 Å². The van der Waals surface area contributed by atoms with Crippen LogP contribution in [0.5, 0.6) is 0 Å². The summed E-state index contributed by atoms with van der Waals surface area (Å²) >= 11 is 6.32. The molecular formula is C16H19ClN2. The summed E-state index contributed by atoms with van der Waals surface area (Å²) in [5.74, 6) is 1.05. The summed E-state index contributed by atoms with van der Waals surface area (Å²) in [6, 6.07) is 6.29. The Labute approximate surface area is 119 Å². The van der Waals surface area contributed by atoms with Gasteiger partial charge in [-0.1, -0.05) is 43.1 Å². The van der Waals surface area contributed by atoms with Crippen molar-refractivity contribution in [3.05, 3.63) is 45.7 Å². The molecule has 0 bridgehead atoms. The van der Waals surface area contributed by atoms with Crippen molar-refractivity contribution in [2.75, 3.05) is 0 Å². The zero-order valence-corrected chi connectivity index (χ0v) is 12.8. The largest absolute Gasteiger partial charge is 0.233 e. The lowest BCUT2D eigenvalue weighted by atomic mass is 10.0. The third-order valence-corrected chi connectivity index (χ3v) is 3.59. The van der Waals surface area contributed by atoms with Gasteiger partial charge in [0.05, 0.1) is 0 Å². The normalized spacial score (nSPS) is 11.1. The molecule has 0 fully saturated rings. The molecule has 0 saturated heterocycles. The average Bonchev–Trinajstić information content (AvgIpc) is 2.30. The maximum atomic E-state index is 6.32. The van der Waals surface area contributed by atoms with Gasteiger partial charge in [0.25, 0.3) is 0 Å². The molecule has 0 aliphatic heterocycles. The van der Waals surface area contributed by atoms with Gasteiger partial charge >= 0.3 is 0 Å². The van der Waals surface area contributed by atoms with Crippen LogP contribution in [0.2, 0.25) is 5.15 Å². The Morgan fingerprint density at radius 1 is 1.05 bits per heavy atom. The van der Waals surface area contributed by atoms with E-state index in [4.69, 9.17) is 11.6 Å². The van der Waals surface area contributed by atoms with Gasteiger partial charge in [-0.3, -0.25) is 0 Å². The summed E-state index contributed by atoms with van der Waals surface area (Å²) in [5.41, 5.74) is 5.42. The highest BCUT2D eigenvalue weighted by Crippen LogP contribution is 2.29. The third kappa shape index (κ3) is 2.79. The fourth-order valence-corrected chi connectivity index (χ4v) is 2.73. The van der Waals surface area contributed by atoms with E-state index in [2.05, 4.69) is 55.9 Å². The summed E-state index contributed by atoms with van der Waals surface area (Å²) in [4.78, 5) is 9.11. The Morgan fingerprint density at radius 2 is 1.74 bits per heavy atom. The number of aryl methyl sites for hydroxylation is 3. The van der Waals surface area contributed by atoms with E-state index in [9.17, 15) is 0 Å². The molecule has 3 heteroatoms. The van der Waals surface area contributed by atoms with Gasteiger partial charge < -0.3 is 0 Å². The Balaban J connectivity index is 2.62. The Bertz CT molecular complexity index is 595. The van der Waals surface area contributed by atoms with Crippen LogP contribution in [0.15, 0.2) is 18.2 Å². The van der Waals surface area contributed by atoms with Crippen molar-refractivity contribution in [2.45, 2.75) is 40.5 Å². The summed E-state index contributed by atoms with van der Waals surface area (Å²) in [7, 11) is 0. The van der Waals surface area contributed by atoms with Crippen molar-refractivity contribution in [1.29, 1.82) is 0 Å². The molecule has 0 spiro atoms. The van der Waals surface area contributed by atoms with E-state index in [-0.39, 0.29) is 0 Å². The lowest BCUT2D eigenvalue weighted by molar-refractivity contribution is 0.831. The fourth-order valence-electron chi connectivity index (χ4n) is 2.30. The minimum absolute atomic E-state index is 0.333. The van der Waals surface area contributed by atoms with Gasteiger partial charge in [0.15, 0.2) is 5.82 Å². The van der Waals surface area contributed by atoms with Crippen LogP contribution in [0.25, 0.3) is 11.4 Å². The molecule has 0 unspecified atom stereocenters. The quantitative estimate of drug-likeness (QED) is 0.732. The van der Waals surface area contributed by atoms with Crippen LogP contribution in [0.3, 0.4) is 0 Å². The molecule has 2 nitrogen and oxygen atoms in total. The third-order valence-electron chi connectivity index (χ3n) is 3.30. The number of aromatic nitrogens is 2. The van der Waals surface area contributed by atoms with Crippen molar-refractivity contribution in [2.24, 2.45) is 0 Å². The van der Waals surface area contributed by atoms with E-state index in [0.717, 1.165) is 16.8 Å². The van der Waals surface area contributed by atoms with Crippen molar-refractivity contribution < 1.29 is 0 Å². The van der Waals surface area contributed by atoms with Gasteiger partial charge in [0, 0.05) is 16.8 Å². The second kappa shape index (κ2) is 5.30. The van der Waals surface area contributed by atoms with Gasteiger partial charge in [-0.15, -0.1) is 0 Å². The first-order valence-electron chi connectivity index (χ1n) is 6.51. The number of hydrogen-bond donors (Lipinski definition) is 0. The first kappa shape index (κ1) is 14.0. The molecule has 100 valence electrons. The SMILES string of the molecule is Cc1ccc(C)c(-c2nc(C)c(C(C)C)c(Cl)n2)c1. The smallest absolute Gasteiger partial charge is 0.161 e. The second-order valence-electron chi connectivity index (χ2n) is 5.31. The van der Waals surface area contributed by atoms with Crippen LogP contribution in [0.4, 0.5) is 0 Å². The molecule has 0 saturated carbocycles. The van der Waals surface area contributed by atoms with Gasteiger partial charge in [-0.25, -0.2) is 9.97 Å². The van der Waals surface area contributed by atoms with E-state index >= 15 is 0 Å². The zero-order valence-electron chi connectivity index (χ0n) is 12.1. The lowest BCUT2D eigenvalue weighted by Crippen LogP contribution is -2.02. The molecule has 0 amide bonds. The van der Waals surface area contributed by atoms with Gasteiger partial charge in [0.2, 0.25) is 0 Å². The molecule has 0 aliphatic carbocycles. The van der Waals surface area contributed by atoms with E-state index in [1.807, 2.05) is 6.92 Å². The summed E-state index contributed by atoms with van der Waals surface area (Å²) in [6.07, 6.45) is 0. The van der Waals surface area contributed by atoms with Crippen LogP contribution in [-0.4, -0.2) is 9.97 Å². The zero-order chi connectivity index (χ0) is 14.2.